The SMILES string of the molecule is CC(=O)CC(=O)c1ccccc1.[La]. The first-order chi connectivity index (χ1) is 5.70. The van der Waals surface area contributed by atoms with E-state index in [2.05, 4.69) is 0 Å². The Morgan fingerprint density at radius 1 is 1.15 bits per heavy atom. The van der Waals surface area contributed by atoms with Crippen molar-refractivity contribution in [2.45, 2.75) is 13.3 Å². The number of hydrogen-bond acceptors (Lipinski definition) is 2. The average Bonchev–Trinajstić information content (AvgIpc) is 2.05. The molecule has 0 bridgehead atoms. The van der Waals surface area contributed by atoms with Gasteiger partial charge in [0.15, 0.2) is 5.78 Å². The van der Waals surface area contributed by atoms with Crippen LogP contribution in [0.5, 0.6) is 0 Å². The van der Waals surface area contributed by atoms with Crippen molar-refractivity contribution < 1.29 is 45.2 Å². The smallest absolute Gasteiger partial charge is 0.170 e. The van der Waals surface area contributed by atoms with Gasteiger partial charge in [-0.1, -0.05) is 30.3 Å². The van der Waals surface area contributed by atoms with Crippen molar-refractivity contribution in [1.29, 1.82) is 0 Å². The van der Waals surface area contributed by atoms with Gasteiger partial charge in [0.05, 0.1) is 6.42 Å². The maximum Gasteiger partial charge on any atom is 0.170 e. The minimum atomic E-state index is -0.108. The molecule has 1 radical (unpaired) electrons. The van der Waals surface area contributed by atoms with Gasteiger partial charge in [0, 0.05) is 41.2 Å². The number of ketones is 2. The number of carbonyl (C=O) groups is 2. The van der Waals surface area contributed by atoms with Crippen LogP contribution >= 0.6 is 0 Å². The summed E-state index contributed by atoms with van der Waals surface area (Å²) in [6, 6.07) is 8.84. The van der Waals surface area contributed by atoms with E-state index in [0.717, 1.165) is 0 Å². The summed E-state index contributed by atoms with van der Waals surface area (Å²) in [4.78, 5) is 21.8. The van der Waals surface area contributed by atoms with Crippen molar-refractivity contribution in [1.82, 2.24) is 0 Å². The van der Waals surface area contributed by atoms with Gasteiger partial charge in [-0.05, 0) is 6.92 Å². The topological polar surface area (TPSA) is 34.1 Å². The molecule has 0 aliphatic carbocycles. The van der Waals surface area contributed by atoms with Gasteiger partial charge in [-0.2, -0.15) is 0 Å². The standard InChI is InChI=1S/C10H10O2.La/c1-8(11)7-10(12)9-5-3-2-4-6-9;/h2-6H,7H2,1H3;. The van der Waals surface area contributed by atoms with Crippen LogP contribution in [-0.2, 0) is 4.79 Å². The second-order valence-electron chi connectivity index (χ2n) is 2.67. The third-order valence-corrected chi connectivity index (χ3v) is 1.51. The van der Waals surface area contributed by atoms with Crippen molar-refractivity contribution >= 4 is 11.6 Å². The molecule has 3 heteroatoms. The van der Waals surface area contributed by atoms with E-state index >= 15 is 0 Å². The zero-order valence-electron chi connectivity index (χ0n) is 7.49. The molecule has 1 aromatic carbocycles. The zero-order chi connectivity index (χ0) is 8.97. The fraction of sp³-hybridized carbons (Fsp3) is 0.200. The van der Waals surface area contributed by atoms with Crippen LogP contribution in [0.25, 0.3) is 0 Å². The molecule has 1 rings (SSSR count). The summed E-state index contributed by atoms with van der Waals surface area (Å²) in [5.41, 5.74) is 0.604. The van der Waals surface area contributed by atoms with Gasteiger partial charge in [0.1, 0.15) is 5.78 Å². The van der Waals surface area contributed by atoms with Gasteiger partial charge >= 0.3 is 0 Å². The van der Waals surface area contributed by atoms with Crippen molar-refractivity contribution in [3.8, 4) is 0 Å². The Morgan fingerprint density at radius 3 is 2.15 bits per heavy atom. The van der Waals surface area contributed by atoms with Crippen molar-refractivity contribution in [2.75, 3.05) is 0 Å². The predicted octanol–water partition coefficient (Wildman–Crippen LogP) is 1.85. The van der Waals surface area contributed by atoms with E-state index < -0.39 is 0 Å². The molecule has 0 heterocycles. The second-order valence-corrected chi connectivity index (χ2v) is 2.67. The molecule has 0 aromatic heterocycles. The maximum atomic E-state index is 11.2. The number of carbonyl (C=O) groups excluding carboxylic acids is 2. The molecule has 0 saturated carbocycles. The molecular formula is C10H10LaO2. The summed E-state index contributed by atoms with van der Waals surface area (Å²) in [5.74, 6) is -0.202. The van der Waals surface area contributed by atoms with Crippen LogP contribution < -0.4 is 0 Å². The van der Waals surface area contributed by atoms with Crippen molar-refractivity contribution in [2.24, 2.45) is 0 Å². The first kappa shape index (κ1) is 12.8. The van der Waals surface area contributed by atoms with E-state index in [-0.39, 0.29) is 53.6 Å². The van der Waals surface area contributed by atoms with E-state index in [1.165, 1.54) is 6.92 Å². The second kappa shape index (κ2) is 6.25. The van der Waals surface area contributed by atoms with Crippen LogP contribution in [0, 0.1) is 35.6 Å². The average molecular weight is 301 g/mol. The van der Waals surface area contributed by atoms with Gasteiger partial charge < -0.3 is 0 Å². The quantitative estimate of drug-likeness (QED) is 0.631. The molecule has 0 aliphatic heterocycles. The molecule has 0 unspecified atom stereocenters. The van der Waals surface area contributed by atoms with E-state index in [1.807, 2.05) is 6.07 Å². The van der Waals surface area contributed by atoms with E-state index in [0.29, 0.717) is 5.56 Å². The fourth-order valence-electron chi connectivity index (χ4n) is 0.952. The predicted molar refractivity (Wildman–Crippen MR) is 46.1 cm³/mol. The minimum absolute atomic E-state index is 0. The van der Waals surface area contributed by atoms with Crippen LogP contribution in [0.1, 0.15) is 23.7 Å². The fourth-order valence-corrected chi connectivity index (χ4v) is 0.952. The summed E-state index contributed by atoms with van der Waals surface area (Å²) in [7, 11) is 0. The van der Waals surface area contributed by atoms with Crippen LogP contribution in [-0.4, -0.2) is 11.6 Å². The van der Waals surface area contributed by atoms with E-state index in [4.69, 9.17) is 0 Å². The van der Waals surface area contributed by atoms with Crippen LogP contribution in [0.4, 0.5) is 0 Å². The van der Waals surface area contributed by atoms with Gasteiger partial charge in [-0.15, -0.1) is 0 Å². The Kier molecular flexibility index (Phi) is 6.13. The summed E-state index contributed by atoms with van der Waals surface area (Å²) < 4.78 is 0. The molecule has 1 aromatic rings. The Balaban J connectivity index is 0.00000144. The number of benzene rings is 1. The molecular weight excluding hydrogens is 291 g/mol. The zero-order valence-corrected chi connectivity index (χ0v) is 11.1. The van der Waals surface area contributed by atoms with Crippen LogP contribution in [0.2, 0.25) is 0 Å². The van der Waals surface area contributed by atoms with Crippen LogP contribution in [0.3, 0.4) is 0 Å². The minimum Gasteiger partial charge on any atom is -0.300 e. The van der Waals surface area contributed by atoms with Crippen molar-refractivity contribution in [3.05, 3.63) is 35.9 Å². The summed E-state index contributed by atoms with van der Waals surface area (Å²) >= 11 is 0. The van der Waals surface area contributed by atoms with Crippen molar-refractivity contribution in [3.63, 3.8) is 0 Å². The first-order valence-electron chi connectivity index (χ1n) is 3.78. The molecule has 0 atom stereocenters. The number of Topliss-reactive ketones (excluding diaryl/α,β-unsaturated/α-hetero) is 2. The molecule has 0 amide bonds. The van der Waals surface area contributed by atoms with E-state index in [9.17, 15) is 9.59 Å². The van der Waals surface area contributed by atoms with Crippen LogP contribution in [0.15, 0.2) is 30.3 Å². The summed E-state index contributed by atoms with van der Waals surface area (Å²) in [6.45, 7) is 1.42. The Hall–Kier alpha value is -0.245. The molecule has 0 N–H and O–H groups in total. The summed E-state index contributed by atoms with van der Waals surface area (Å²) in [5, 5.41) is 0. The maximum absolute atomic E-state index is 11.2. The van der Waals surface area contributed by atoms with Gasteiger partial charge in [0.25, 0.3) is 0 Å². The Bertz CT molecular complexity index is 293. The molecule has 0 aliphatic rings. The largest absolute Gasteiger partial charge is 0.300 e. The van der Waals surface area contributed by atoms with Gasteiger partial charge in [-0.3, -0.25) is 9.59 Å². The Labute approximate surface area is 105 Å². The Morgan fingerprint density at radius 2 is 1.69 bits per heavy atom. The molecule has 13 heavy (non-hydrogen) atoms. The molecule has 0 saturated heterocycles. The summed E-state index contributed by atoms with van der Waals surface area (Å²) in [6.07, 6.45) is 0.00398. The molecule has 0 fully saturated rings. The third-order valence-electron chi connectivity index (χ3n) is 1.51. The normalized spacial score (nSPS) is 8.69. The number of rotatable bonds is 3. The molecule has 65 valence electrons. The van der Waals surface area contributed by atoms with Gasteiger partial charge in [0.2, 0.25) is 0 Å². The van der Waals surface area contributed by atoms with Gasteiger partial charge in [-0.25, -0.2) is 0 Å². The van der Waals surface area contributed by atoms with E-state index in [1.54, 1.807) is 24.3 Å². The number of hydrogen-bond donors (Lipinski definition) is 0. The molecule has 0 spiro atoms. The molecule has 2 nitrogen and oxygen atoms in total. The third kappa shape index (κ3) is 4.51. The monoisotopic (exact) mass is 301 g/mol. The first-order valence-corrected chi connectivity index (χ1v) is 3.78.